The van der Waals surface area contributed by atoms with Crippen LogP contribution in [-0.2, 0) is 23.9 Å². The number of aliphatic hydroxyl groups excluding tert-OH is 1. The highest BCUT2D eigenvalue weighted by atomic mass is 16.5. The van der Waals surface area contributed by atoms with E-state index in [2.05, 4.69) is 4.74 Å². The molecule has 8 nitrogen and oxygen atoms in total. The molecule has 20 heavy (non-hydrogen) atoms. The third kappa shape index (κ3) is 36.0. The summed E-state index contributed by atoms with van der Waals surface area (Å²) in [4.78, 5) is 37.8. The van der Waals surface area contributed by atoms with Crippen LogP contribution in [-0.4, -0.2) is 52.4 Å². The molecule has 2 unspecified atom stereocenters. The second-order valence-corrected chi connectivity index (χ2v) is 3.49. The number of carboxylic acids is 1. The van der Waals surface area contributed by atoms with Crippen LogP contribution in [0.1, 0.15) is 40.5 Å². The average Bonchev–Trinajstić information content (AvgIpc) is 2.39. The Balaban J connectivity index is -0.000000101. The molecule has 120 valence electrons. The number of carbonyl (C=O) groups excluding carboxylic acids is 3. The van der Waals surface area contributed by atoms with Crippen molar-refractivity contribution in [3.8, 4) is 0 Å². The van der Waals surface area contributed by atoms with E-state index in [4.69, 9.17) is 19.8 Å². The molecule has 0 aliphatic heterocycles. The summed E-state index contributed by atoms with van der Waals surface area (Å²) >= 11 is 0. The number of carbonyl (C=O) groups is 4. The molecule has 0 fully saturated rings. The Morgan fingerprint density at radius 2 is 1.45 bits per heavy atom. The molecule has 0 aromatic rings. The minimum Gasteiger partial charge on any atom is -0.476 e. The summed E-state index contributed by atoms with van der Waals surface area (Å²) < 4.78 is 4.54. The van der Waals surface area contributed by atoms with E-state index < -0.39 is 11.9 Å². The van der Waals surface area contributed by atoms with Gasteiger partial charge in [-0.3, -0.25) is 9.59 Å². The number of hydrogen-bond donors (Lipinski definition) is 2. The highest BCUT2D eigenvalue weighted by Crippen LogP contribution is 1.93. The van der Waals surface area contributed by atoms with Gasteiger partial charge in [-0.25, -0.2) is 9.59 Å². The molecule has 0 spiro atoms. The van der Waals surface area contributed by atoms with Gasteiger partial charge < -0.3 is 20.4 Å². The zero-order valence-electron chi connectivity index (χ0n) is 12.2. The summed E-state index contributed by atoms with van der Waals surface area (Å²) in [5.74, 6) is -2.21. The Morgan fingerprint density at radius 1 is 1.10 bits per heavy atom. The van der Waals surface area contributed by atoms with Gasteiger partial charge in [0.05, 0.1) is 12.2 Å². The van der Waals surface area contributed by atoms with Crippen molar-refractivity contribution >= 4 is 24.5 Å². The number of aliphatic hydroxyl groups is 1. The van der Waals surface area contributed by atoms with Crippen molar-refractivity contribution in [3.63, 3.8) is 0 Å². The molecule has 8 heteroatoms. The van der Waals surface area contributed by atoms with Gasteiger partial charge in [-0.15, -0.1) is 0 Å². The second-order valence-electron chi connectivity index (χ2n) is 3.49. The maximum atomic E-state index is 10.2. The number of carboxylic acid groups (broad SMARTS) is 1. The van der Waals surface area contributed by atoms with Gasteiger partial charge in [0.2, 0.25) is 12.6 Å². The van der Waals surface area contributed by atoms with E-state index in [1.165, 1.54) is 0 Å². The van der Waals surface area contributed by atoms with Gasteiger partial charge in [0.25, 0.3) is 0 Å². The first-order valence-corrected chi connectivity index (χ1v) is 5.76. The maximum Gasteiger partial charge on any atom is 0.371 e. The Hall–Kier alpha value is -1.80. The summed E-state index contributed by atoms with van der Waals surface area (Å²) in [6.45, 7) is 7.34. The predicted octanol–water partition coefficient (Wildman–Crippen LogP) is -0.251. The van der Waals surface area contributed by atoms with Gasteiger partial charge in [0.15, 0.2) is 0 Å². The number of ether oxygens (including phenoxy) is 1. The molecule has 0 aliphatic rings. The standard InChI is InChI=1S/C6H10O3.C4H10O.C2H2O3.H2O/c1-3-5(2)9-6(8)4-7;1-3-4(2)5;3-1-2(4)5;/h4-5H,3H2,1-2H3;4-5H,3H2,1-2H3;1H,(H,4,5);1H2. The molecule has 0 saturated carbocycles. The van der Waals surface area contributed by atoms with Crippen molar-refractivity contribution in [3.05, 3.63) is 0 Å². The molecule has 0 aromatic carbocycles. The van der Waals surface area contributed by atoms with E-state index in [-0.39, 0.29) is 30.3 Å². The van der Waals surface area contributed by atoms with Gasteiger partial charge in [-0.05, 0) is 26.7 Å². The third-order valence-electron chi connectivity index (χ3n) is 1.68. The van der Waals surface area contributed by atoms with Gasteiger partial charge in [0.1, 0.15) is 0 Å². The molecule has 0 bridgehead atoms. The van der Waals surface area contributed by atoms with Crippen LogP contribution >= 0.6 is 0 Å². The van der Waals surface area contributed by atoms with E-state index in [0.717, 1.165) is 12.8 Å². The molecular formula is C12H24O8. The molecule has 0 heterocycles. The van der Waals surface area contributed by atoms with Crippen LogP contribution in [0.2, 0.25) is 0 Å². The molecule has 0 amide bonds. The van der Waals surface area contributed by atoms with Gasteiger partial charge in [-0.1, -0.05) is 13.8 Å². The number of hydrogen-bond acceptors (Lipinski definition) is 6. The summed E-state index contributed by atoms with van der Waals surface area (Å²) in [6.07, 6.45) is 1.34. The summed E-state index contributed by atoms with van der Waals surface area (Å²) in [5.41, 5.74) is 0. The largest absolute Gasteiger partial charge is 0.476 e. The van der Waals surface area contributed by atoms with Gasteiger partial charge in [-0.2, -0.15) is 0 Å². The van der Waals surface area contributed by atoms with Crippen LogP contribution in [0.25, 0.3) is 0 Å². The second kappa shape index (κ2) is 19.5. The normalized spacial score (nSPS) is 10.8. The van der Waals surface area contributed by atoms with E-state index in [9.17, 15) is 9.59 Å². The Bertz CT molecular complexity index is 262. The fourth-order valence-electron chi connectivity index (χ4n) is 0.309. The zero-order valence-corrected chi connectivity index (χ0v) is 12.2. The van der Waals surface area contributed by atoms with Crippen molar-refractivity contribution in [2.45, 2.75) is 52.7 Å². The molecule has 0 aliphatic carbocycles. The number of aldehydes is 2. The highest BCUT2D eigenvalue weighted by molar-refractivity contribution is 6.20. The van der Waals surface area contributed by atoms with Crippen LogP contribution in [0.3, 0.4) is 0 Å². The van der Waals surface area contributed by atoms with Crippen LogP contribution in [0.5, 0.6) is 0 Å². The summed E-state index contributed by atoms with van der Waals surface area (Å²) in [6, 6.07) is 0. The van der Waals surface area contributed by atoms with Crippen molar-refractivity contribution in [1.82, 2.24) is 0 Å². The lowest BCUT2D eigenvalue weighted by Crippen LogP contribution is -2.14. The molecule has 2 atom stereocenters. The van der Waals surface area contributed by atoms with E-state index in [1.807, 2.05) is 13.8 Å². The van der Waals surface area contributed by atoms with Crippen molar-refractivity contribution in [1.29, 1.82) is 0 Å². The first-order chi connectivity index (χ1) is 8.74. The predicted molar refractivity (Wildman–Crippen MR) is 71.2 cm³/mol. The van der Waals surface area contributed by atoms with Crippen molar-refractivity contribution in [2.75, 3.05) is 0 Å². The Labute approximate surface area is 118 Å². The minimum atomic E-state index is -1.43. The highest BCUT2D eigenvalue weighted by Gasteiger charge is 2.03. The lowest BCUT2D eigenvalue weighted by Gasteiger charge is -2.05. The number of esters is 1. The Morgan fingerprint density at radius 3 is 1.60 bits per heavy atom. The fourth-order valence-corrected chi connectivity index (χ4v) is 0.309. The molecule has 0 radical (unpaired) electrons. The van der Waals surface area contributed by atoms with Crippen molar-refractivity contribution in [2.24, 2.45) is 0 Å². The van der Waals surface area contributed by atoms with E-state index >= 15 is 0 Å². The fraction of sp³-hybridized carbons (Fsp3) is 0.667. The Kier molecular flexibility index (Phi) is 26.1. The zero-order chi connectivity index (χ0) is 15.8. The SMILES string of the molecule is CCC(C)O.CCC(C)OC(=O)C=O.O.O=CC(=O)O. The smallest absolute Gasteiger partial charge is 0.371 e. The maximum absolute atomic E-state index is 10.2. The molecule has 0 rings (SSSR count). The first-order valence-electron chi connectivity index (χ1n) is 5.76. The summed E-state index contributed by atoms with van der Waals surface area (Å²) in [7, 11) is 0. The average molecular weight is 296 g/mol. The van der Waals surface area contributed by atoms with E-state index in [1.54, 1.807) is 13.8 Å². The quantitative estimate of drug-likeness (QED) is 0.403. The van der Waals surface area contributed by atoms with Crippen LogP contribution in [0.15, 0.2) is 0 Å². The molecular weight excluding hydrogens is 272 g/mol. The molecule has 0 saturated heterocycles. The number of rotatable bonds is 5. The molecule has 0 aromatic heterocycles. The third-order valence-corrected chi connectivity index (χ3v) is 1.68. The van der Waals surface area contributed by atoms with Crippen LogP contribution in [0, 0.1) is 0 Å². The minimum absolute atomic E-state index is 0. The first kappa shape index (κ1) is 26.7. The lowest BCUT2D eigenvalue weighted by molar-refractivity contribution is -0.152. The summed E-state index contributed by atoms with van der Waals surface area (Å²) in [5, 5.41) is 15.7. The van der Waals surface area contributed by atoms with E-state index in [0.29, 0.717) is 0 Å². The lowest BCUT2D eigenvalue weighted by atomic mass is 10.3. The molecule has 4 N–H and O–H groups in total. The van der Waals surface area contributed by atoms with Crippen molar-refractivity contribution < 1.29 is 39.6 Å². The van der Waals surface area contributed by atoms with Crippen LogP contribution in [0.4, 0.5) is 0 Å². The van der Waals surface area contributed by atoms with Gasteiger partial charge in [0, 0.05) is 0 Å². The van der Waals surface area contributed by atoms with Crippen LogP contribution < -0.4 is 0 Å². The number of aliphatic carboxylic acids is 1. The monoisotopic (exact) mass is 296 g/mol. The van der Waals surface area contributed by atoms with Gasteiger partial charge >= 0.3 is 11.9 Å². The topological polar surface area (TPSA) is 149 Å².